The molecule has 18 heteroatoms. The van der Waals surface area contributed by atoms with Gasteiger partial charge in [-0.3, -0.25) is 24.9 Å². The first-order chi connectivity index (χ1) is 61.9. The average Bonchev–Trinajstić information content (AvgIpc) is 0.914. The van der Waals surface area contributed by atoms with Gasteiger partial charge in [0.1, 0.15) is 42.7 Å². The molecular weight excluding hydrogens is 1560 g/mol. The highest BCUT2D eigenvalue weighted by Gasteiger charge is 2.09. The van der Waals surface area contributed by atoms with Gasteiger partial charge in [0.15, 0.2) is 0 Å². The van der Waals surface area contributed by atoms with Gasteiger partial charge in [-0.1, -0.05) is 357 Å². The SMILES string of the molecule is CC.CC.CC.CC.CC.CC.CC.CC.CC.CC.CC.CC.CC.CC.CC.CC.CC.Cc1cnncn1.Cc1nccnn1.Cc1ncncn1.c1ccc2c(c1)CCCO2.c1ccc2c(c1)CCCS2.c1ccc2cnccc2c1.c1ccc2ncccc2c1.c1ccc2nccnc2c1.c1ccc2ncncc2c1.c1cnc2c(c1)CCCC2. The molecule has 0 saturated heterocycles. The van der Waals surface area contributed by atoms with Gasteiger partial charge in [0, 0.05) is 70.9 Å². The number of rotatable bonds is 0. The minimum Gasteiger partial charge on any atom is -0.493 e. The molecule has 17 nitrogen and oxygen atoms in total. The summed E-state index contributed by atoms with van der Waals surface area (Å²) < 4.78 is 5.42. The van der Waals surface area contributed by atoms with Crippen LogP contribution in [0.1, 0.15) is 301 Å². The van der Waals surface area contributed by atoms with E-state index in [2.05, 4.69) is 147 Å². The van der Waals surface area contributed by atoms with Gasteiger partial charge < -0.3 is 4.74 Å². The van der Waals surface area contributed by atoms with E-state index in [9.17, 15) is 0 Å². The van der Waals surface area contributed by atoms with Crippen LogP contribution in [0.4, 0.5) is 0 Å². The lowest BCUT2D eigenvalue weighted by Crippen LogP contribution is -2.07. The first-order valence-corrected chi connectivity index (χ1v) is 47.9. The van der Waals surface area contributed by atoms with Gasteiger partial charge >= 0.3 is 0 Å². The molecule has 0 amide bonds. The van der Waals surface area contributed by atoms with Crippen LogP contribution in [0.3, 0.4) is 0 Å². The van der Waals surface area contributed by atoms with E-state index in [-0.39, 0.29) is 0 Å². The zero-order chi connectivity index (χ0) is 97.0. The van der Waals surface area contributed by atoms with Gasteiger partial charge in [0.2, 0.25) is 0 Å². The van der Waals surface area contributed by atoms with Crippen LogP contribution in [-0.4, -0.2) is 92.6 Å². The Balaban J connectivity index is -0.000000142. The number of hydrogen-bond donors (Lipinski definition) is 0. The molecule has 694 valence electrons. The van der Waals surface area contributed by atoms with Crippen molar-refractivity contribution in [2.75, 3.05) is 12.4 Å². The fourth-order valence-electron chi connectivity index (χ4n) is 8.91. The van der Waals surface area contributed by atoms with Crippen LogP contribution in [0.25, 0.3) is 43.6 Å². The lowest BCUT2D eigenvalue weighted by Gasteiger charge is -2.15. The Morgan fingerprint density at radius 2 is 0.680 bits per heavy atom. The highest BCUT2D eigenvalue weighted by atomic mass is 32.2. The van der Waals surface area contributed by atoms with E-state index in [1.165, 1.54) is 108 Å². The largest absolute Gasteiger partial charge is 0.493 e. The van der Waals surface area contributed by atoms with E-state index in [1.54, 1.807) is 49.8 Å². The topological polar surface area (TPSA) is 215 Å². The second-order valence-corrected chi connectivity index (χ2v) is 21.2. The van der Waals surface area contributed by atoms with Gasteiger partial charge in [0.25, 0.3) is 0 Å². The zero-order valence-corrected chi connectivity index (χ0v) is 86.2. The maximum Gasteiger partial charge on any atom is 0.147 e. The quantitative estimate of drug-likeness (QED) is 0.138. The average molecular weight is 1730 g/mol. The van der Waals surface area contributed by atoms with Crippen molar-refractivity contribution in [2.45, 2.75) is 312 Å². The highest BCUT2D eigenvalue weighted by molar-refractivity contribution is 7.99. The molecule has 10 heterocycles. The first-order valence-electron chi connectivity index (χ1n) is 47.0. The molecule has 0 spiro atoms. The third kappa shape index (κ3) is 72.2. The van der Waals surface area contributed by atoms with Crippen LogP contribution in [-0.2, 0) is 25.7 Å². The van der Waals surface area contributed by atoms with Gasteiger partial charge in [-0.2, -0.15) is 10.2 Å². The first kappa shape index (κ1) is 135. The van der Waals surface area contributed by atoms with Gasteiger partial charge in [-0.15, -0.1) is 22.0 Å². The number of aromatic nitrogens is 16. The molecule has 8 aromatic heterocycles. The highest BCUT2D eigenvalue weighted by Crippen LogP contribution is 2.29. The Bertz CT molecular complexity index is 3470. The lowest BCUT2D eigenvalue weighted by atomic mass is 9.96. The molecule has 0 bridgehead atoms. The minimum absolute atomic E-state index is 0.711. The molecule has 0 unspecified atom stereocenters. The number of hydrogen-bond acceptors (Lipinski definition) is 18. The van der Waals surface area contributed by atoms with Gasteiger partial charge in [-0.05, 0) is 160 Å². The normalized spacial score (nSPS) is 9.35. The molecule has 0 radical (unpaired) electrons. The molecule has 3 aliphatic rings. The second kappa shape index (κ2) is 115. The number of nitrogens with zero attached hydrogens (tertiary/aromatic N) is 16. The van der Waals surface area contributed by atoms with Crippen LogP contribution < -0.4 is 4.74 Å². The number of benzene rings is 6. The predicted molar refractivity (Wildman–Crippen MR) is 556 cm³/mol. The molecule has 17 rings (SSSR count). The molecule has 0 saturated carbocycles. The number of para-hydroxylation sites is 5. The third-order valence-electron chi connectivity index (χ3n) is 13.4. The van der Waals surface area contributed by atoms with Crippen molar-refractivity contribution in [1.29, 1.82) is 0 Å². The van der Waals surface area contributed by atoms with Gasteiger partial charge in [0.05, 0.1) is 46.8 Å². The van der Waals surface area contributed by atoms with Crippen molar-refractivity contribution in [3.8, 4) is 5.75 Å². The van der Waals surface area contributed by atoms with E-state index in [4.69, 9.17) is 4.74 Å². The number of thioether (sulfide) groups is 1. The Hall–Kier alpha value is -10.9. The van der Waals surface area contributed by atoms with E-state index in [0.29, 0.717) is 5.82 Å². The van der Waals surface area contributed by atoms with Crippen molar-refractivity contribution >= 4 is 55.4 Å². The fraction of sp³-hybridized carbons (Fsp3) is 0.439. The summed E-state index contributed by atoms with van der Waals surface area (Å²) in [6.07, 6.45) is 33.4. The van der Waals surface area contributed by atoms with E-state index >= 15 is 0 Å². The van der Waals surface area contributed by atoms with Crippen LogP contribution in [0.2, 0.25) is 0 Å². The summed E-state index contributed by atoms with van der Waals surface area (Å²) in [4.78, 5) is 49.0. The summed E-state index contributed by atoms with van der Waals surface area (Å²) in [6.45, 7) is 74.4. The van der Waals surface area contributed by atoms with Crippen LogP contribution in [0, 0.1) is 20.8 Å². The molecule has 125 heavy (non-hydrogen) atoms. The standard InChI is InChI=1S/C9H11N.2C9H7N.C9H10O.C9H10S.2C8H6N2.3C4H5N3.17C2H6/c2*1-2-6-9-8(4-1)5-3-7-10-9;1-2-4-9-7-10-6-5-8(9)3-1;2*1-2-6-9-8(4-1)5-3-7-10-9;1-2-4-8-7(3-1)5-9-6-10-8;1-2-4-8-7(3-1)9-5-6-10-8;1-4-6-2-5-3-7-4;1-4-2-6-7-3-5-4;1-4-5-2-3-6-7-4;17*1-2/h3,5,7H,1-2,4,6H2;2*1-7H;2*1-2,4,6H,3,5,7H2;2*1-6H;3*2-3H,1H3;17*1-2H3. The number of aryl methyl sites for hydroxylation is 7. The number of pyridine rings is 3. The summed E-state index contributed by atoms with van der Waals surface area (Å²) in [5.41, 5.74) is 10.5. The maximum absolute atomic E-state index is 5.42. The molecule has 2 aliphatic heterocycles. The van der Waals surface area contributed by atoms with Crippen LogP contribution in [0.5, 0.6) is 5.75 Å². The van der Waals surface area contributed by atoms with Crippen molar-refractivity contribution < 1.29 is 4.74 Å². The maximum atomic E-state index is 5.42. The van der Waals surface area contributed by atoms with E-state index in [0.717, 1.165) is 57.7 Å². The number of fused-ring (bicyclic) bond motifs is 7. The smallest absolute Gasteiger partial charge is 0.147 e. The van der Waals surface area contributed by atoms with Crippen LogP contribution in [0.15, 0.2) is 268 Å². The Kier molecular flexibility index (Phi) is 124. The summed E-state index contributed by atoms with van der Waals surface area (Å²) in [5.74, 6) is 3.85. The number of ether oxygens (including phenoxy) is 1. The lowest BCUT2D eigenvalue weighted by molar-refractivity contribution is 0.288. The zero-order valence-electron chi connectivity index (χ0n) is 85.4. The second-order valence-electron chi connectivity index (χ2n) is 20.1. The Morgan fingerprint density at radius 3 is 1.14 bits per heavy atom. The van der Waals surface area contributed by atoms with Crippen molar-refractivity contribution in [3.05, 3.63) is 303 Å². The molecule has 14 aromatic rings. The molecule has 1 aliphatic carbocycles. The Morgan fingerprint density at radius 1 is 0.256 bits per heavy atom. The summed E-state index contributed by atoms with van der Waals surface area (Å²) in [6, 6.07) is 59.2. The summed E-state index contributed by atoms with van der Waals surface area (Å²) in [5, 5.41) is 19.0. The summed E-state index contributed by atoms with van der Waals surface area (Å²) >= 11 is 1.99. The molecule has 0 N–H and O–H groups in total. The molecule has 6 aromatic carbocycles. The van der Waals surface area contributed by atoms with Crippen molar-refractivity contribution in [3.63, 3.8) is 0 Å². The van der Waals surface area contributed by atoms with Crippen molar-refractivity contribution in [1.82, 2.24) is 80.2 Å². The van der Waals surface area contributed by atoms with Gasteiger partial charge in [-0.25, -0.2) is 34.9 Å². The minimum atomic E-state index is 0.711. The van der Waals surface area contributed by atoms with E-state index < -0.39 is 0 Å². The Labute approximate surface area is 769 Å². The molecular formula is C107H174N16OS. The van der Waals surface area contributed by atoms with Crippen LogP contribution >= 0.6 is 11.8 Å². The monoisotopic (exact) mass is 1730 g/mol. The molecule has 0 atom stereocenters. The van der Waals surface area contributed by atoms with E-state index in [1.807, 2.05) is 401 Å². The molecule has 0 fully saturated rings. The fourth-order valence-corrected chi connectivity index (χ4v) is 9.95. The predicted octanol–water partition coefficient (Wildman–Crippen LogP) is 32.4. The third-order valence-corrected chi connectivity index (χ3v) is 14.6. The van der Waals surface area contributed by atoms with Crippen molar-refractivity contribution in [2.24, 2.45) is 0 Å². The summed E-state index contributed by atoms with van der Waals surface area (Å²) in [7, 11) is 0.